The van der Waals surface area contributed by atoms with E-state index in [-0.39, 0.29) is 0 Å². The first-order chi connectivity index (χ1) is 8.92. The van der Waals surface area contributed by atoms with Crippen LogP contribution in [0.1, 0.15) is 18.5 Å². The van der Waals surface area contributed by atoms with Crippen molar-refractivity contribution in [2.45, 2.75) is 19.3 Å². The van der Waals surface area contributed by atoms with Gasteiger partial charge < -0.3 is 10.3 Å². The van der Waals surface area contributed by atoms with E-state index in [2.05, 4.69) is 25.3 Å². The Morgan fingerprint density at radius 1 is 1.28 bits per heavy atom. The molecule has 1 atom stereocenters. The van der Waals surface area contributed by atoms with Crippen molar-refractivity contribution in [1.82, 2.24) is 25.3 Å². The average Bonchev–Trinajstić information content (AvgIpc) is 2.94. The summed E-state index contributed by atoms with van der Waals surface area (Å²) in [5.74, 6) is 1.50. The van der Waals surface area contributed by atoms with Gasteiger partial charge in [0.15, 0.2) is 5.82 Å². The number of imidazole rings is 1. The van der Waals surface area contributed by atoms with Crippen molar-refractivity contribution in [3.63, 3.8) is 0 Å². The van der Waals surface area contributed by atoms with E-state index in [1.54, 1.807) is 12.5 Å². The van der Waals surface area contributed by atoms with Crippen LogP contribution in [0.3, 0.4) is 0 Å². The molecule has 0 spiro atoms. The molecular formula is C13H17N5. The SMILES string of the molecule is c1nc(C[C@H]2CCCNC2)cc(-c2ncc[nH]2)n1. The van der Waals surface area contributed by atoms with Crippen molar-refractivity contribution in [2.24, 2.45) is 5.92 Å². The summed E-state index contributed by atoms with van der Waals surface area (Å²) in [6.07, 6.45) is 8.74. The fourth-order valence-corrected chi connectivity index (χ4v) is 2.44. The zero-order valence-electron chi connectivity index (χ0n) is 10.3. The van der Waals surface area contributed by atoms with E-state index >= 15 is 0 Å². The van der Waals surface area contributed by atoms with E-state index in [9.17, 15) is 0 Å². The van der Waals surface area contributed by atoms with E-state index < -0.39 is 0 Å². The van der Waals surface area contributed by atoms with Gasteiger partial charge in [0, 0.05) is 18.1 Å². The Balaban J connectivity index is 1.74. The maximum Gasteiger partial charge on any atom is 0.156 e. The summed E-state index contributed by atoms with van der Waals surface area (Å²) in [5.41, 5.74) is 1.97. The molecule has 5 heteroatoms. The lowest BCUT2D eigenvalue weighted by atomic mass is 9.94. The zero-order valence-corrected chi connectivity index (χ0v) is 10.3. The molecule has 0 unspecified atom stereocenters. The summed E-state index contributed by atoms with van der Waals surface area (Å²) in [7, 11) is 0. The smallest absolute Gasteiger partial charge is 0.156 e. The van der Waals surface area contributed by atoms with E-state index in [4.69, 9.17) is 0 Å². The number of piperidine rings is 1. The molecule has 5 nitrogen and oxygen atoms in total. The summed E-state index contributed by atoms with van der Waals surface area (Å²) >= 11 is 0. The predicted molar refractivity (Wildman–Crippen MR) is 68.9 cm³/mol. The van der Waals surface area contributed by atoms with E-state index in [1.807, 2.05) is 12.3 Å². The van der Waals surface area contributed by atoms with Gasteiger partial charge in [-0.2, -0.15) is 0 Å². The third-order valence-corrected chi connectivity index (χ3v) is 3.36. The Labute approximate surface area is 106 Å². The standard InChI is InChI=1S/C13H17N5/c1-2-10(8-14-3-1)6-11-7-12(18-9-17-11)13-15-4-5-16-13/h4-5,7,9-10,14H,1-3,6,8H2,(H,15,16)/t10-/m1/s1. The molecule has 0 saturated carbocycles. The molecule has 0 bridgehead atoms. The Morgan fingerprint density at radius 3 is 3.06 bits per heavy atom. The largest absolute Gasteiger partial charge is 0.343 e. The van der Waals surface area contributed by atoms with Gasteiger partial charge in [0.05, 0.1) is 0 Å². The third-order valence-electron chi connectivity index (χ3n) is 3.36. The monoisotopic (exact) mass is 243 g/mol. The van der Waals surface area contributed by atoms with Crippen LogP contribution < -0.4 is 5.32 Å². The molecule has 2 aromatic heterocycles. The predicted octanol–water partition coefficient (Wildman–Crippen LogP) is 1.41. The molecule has 0 aromatic carbocycles. The Bertz CT molecular complexity index is 488. The van der Waals surface area contributed by atoms with Crippen molar-refractivity contribution in [3.8, 4) is 11.5 Å². The molecule has 0 radical (unpaired) electrons. The van der Waals surface area contributed by atoms with Gasteiger partial charge >= 0.3 is 0 Å². The Hall–Kier alpha value is -1.75. The van der Waals surface area contributed by atoms with Crippen LogP contribution in [0.4, 0.5) is 0 Å². The van der Waals surface area contributed by atoms with Crippen LogP contribution in [-0.4, -0.2) is 33.0 Å². The van der Waals surface area contributed by atoms with Gasteiger partial charge in [0.25, 0.3) is 0 Å². The second kappa shape index (κ2) is 5.27. The van der Waals surface area contributed by atoms with Gasteiger partial charge in [-0.05, 0) is 44.3 Å². The molecular weight excluding hydrogens is 226 g/mol. The van der Waals surface area contributed by atoms with Crippen LogP contribution in [-0.2, 0) is 6.42 Å². The second-order valence-corrected chi connectivity index (χ2v) is 4.75. The summed E-state index contributed by atoms with van der Waals surface area (Å²) in [6, 6.07) is 2.04. The Kier molecular flexibility index (Phi) is 3.32. The van der Waals surface area contributed by atoms with Gasteiger partial charge in [-0.25, -0.2) is 15.0 Å². The summed E-state index contributed by atoms with van der Waals surface area (Å²) in [5, 5.41) is 3.44. The number of aromatic nitrogens is 4. The lowest BCUT2D eigenvalue weighted by molar-refractivity contribution is 0.373. The van der Waals surface area contributed by atoms with Crippen LogP contribution in [0, 0.1) is 5.92 Å². The van der Waals surface area contributed by atoms with Crippen molar-refractivity contribution < 1.29 is 0 Å². The Morgan fingerprint density at radius 2 is 2.28 bits per heavy atom. The summed E-state index contributed by atoms with van der Waals surface area (Å²) < 4.78 is 0. The fraction of sp³-hybridized carbons (Fsp3) is 0.462. The number of rotatable bonds is 3. The van der Waals surface area contributed by atoms with Gasteiger partial charge in [0.1, 0.15) is 12.0 Å². The van der Waals surface area contributed by atoms with Crippen molar-refractivity contribution >= 4 is 0 Å². The van der Waals surface area contributed by atoms with Crippen LogP contribution >= 0.6 is 0 Å². The molecule has 94 valence electrons. The van der Waals surface area contributed by atoms with E-state index in [0.717, 1.165) is 36.7 Å². The molecule has 1 fully saturated rings. The molecule has 1 aliphatic rings. The molecule has 0 aliphatic carbocycles. The van der Waals surface area contributed by atoms with Gasteiger partial charge in [-0.1, -0.05) is 0 Å². The number of aromatic amines is 1. The summed E-state index contributed by atoms with van der Waals surface area (Å²) in [6.45, 7) is 2.25. The minimum Gasteiger partial charge on any atom is -0.343 e. The maximum absolute atomic E-state index is 4.36. The average molecular weight is 243 g/mol. The quantitative estimate of drug-likeness (QED) is 0.855. The maximum atomic E-state index is 4.36. The molecule has 2 aromatic rings. The molecule has 18 heavy (non-hydrogen) atoms. The highest BCUT2D eigenvalue weighted by molar-refractivity contribution is 5.48. The molecule has 1 aliphatic heterocycles. The van der Waals surface area contributed by atoms with E-state index in [1.165, 1.54) is 12.8 Å². The highest BCUT2D eigenvalue weighted by Crippen LogP contribution is 2.17. The topological polar surface area (TPSA) is 66.5 Å². The first-order valence-corrected chi connectivity index (χ1v) is 6.43. The number of nitrogens with zero attached hydrogens (tertiary/aromatic N) is 3. The lowest BCUT2D eigenvalue weighted by Gasteiger charge is -2.22. The first kappa shape index (κ1) is 11.3. The molecule has 3 heterocycles. The molecule has 2 N–H and O–H groups in total. The fourth-order valence-electron chi connectivity index (χ4n) is 2.44. The van der Waals surface area contributed by atoms with Gasteiger partial charge in [0.2, 0.25) is 0 Å². The summed E-state index contributed by atoms with van der Waals surface area (Å²) in [4.78, 5) is 15.9. The van der Waals surface area contributed by atoms with Crippen LogP contribution in [0.2, 0.25) is 0 Å². The second-order valence-electron chi connectivity index (χ2n) is 4.75. The number of H-pyrrole nitrogens is 1. The first-order valence-electron chi connectivity index (χ1n) is 6.43. The van der Waals surface area contributed by atoms with Crippen LogP contribution in [0.5, 0.6) is 0 Å². The molecule has 3 rings (SSSR count). The highest BCUT2D eigenvalue weighted by Gasteiger charge is 2.14. The molecule has 0 amide bonds. The van der Waals surface area contributed by atoms with E-state index in [0.29, 0.717) is 5.92 Å². The van der Waals surface area contributed by atoms with Gasteiger partial charge in [-0.3, -0.25) is 0 Å². The minimum absolute atomic E-state index is 0.693. The normalized spacial score (nSPS) is 19.9. The minimum atomic E-state index is 0.693. The third kappa shape index (κ3) is 2.56. The lowest BCUT2D eigenvalue weighted by Crippen LogP contribution is -2.31. The highest BCUT2D eigenvalue weighted by atomic mass is 14.9. The van der Waals surface area contributed by atoms with Crippen molar-refractivity contribution in [1.29, 1.82) is 0 Å². The van der Waals surface area contributed by atoms with Gasteiger partial charge in [-0.15, -0.1) is 0 Å². The van der Waals surface area contributed by atoms with Crippen molar-refractivity contribution in [3.05, 3.63) is 30.5 Å². The number of hydrogen-bond donors (Lipinski definition) is 2. The molecule has 1 saturated heterocycles. The van der Waals surface area contributed by atoms with Crippen molar-refractivity contribution in [2.75, 3.05) is 13.1 Å². The zero-order chi connectivity index (χ0) is 12.2. The number of nitrogens with one attached hydrogen (secondary N) is 2. The van der Waals surface area contributed by atoms with Crippen LogP contribution in [0.25, 0.3) is 11.5 Å². The van der Waals surface area contributed by atoms with Crippen LogP contribution in [0.15, 0.2) is 24.8 Å². The number of hydrogen-bond acceptors (Lipinski definition) is 4.